The number of benzene rings is 1. The lowest BCUT2D eigenvalue weighted by Crippen LogP contribution is -2.37. The summed E-state index contributed by atoms with van der Waals surface area (Å²) < 4.78 is 5.47. The topological polar surface area (TPSA) is 57.6 Å². The van der Waals surface area contributed by atoms with Gasteiger partial charge in [0.2, 0.25) is 5.95 Å². The van der Waals surface area contributed by atoms with Crippen molar-refractivity contribution >= 4 is 16.9 Å². The zero-order valence-electron chi connectivity index (χ0n) is 18.9. The smallest absolute Gasteiger partial charge is 0.225 e. The first-order valence-electron chi connectivity index (χ1n) is 11.6. The van der Waals surface area contributed by atoms with Crippen LogP contribution in [-0.2, 0) is 17.7 Å². The Labute approximate surface area is 190 Å². The third-order valence-electron chi connectivity index (χ3n) is 6.46. The van der Waals surface area contributed by atoms with Gasteiger partial charge in [-0.1, -0.05) is 12.1 Å². The minimum Gasteiger partial charge on any atom is -0.378 e. The lowest BCUT2D eigenvalue weighted by Gasteiger charge is -2.27. The summed E-state index contributed by atoms with van der Waals surface area (Å²) in [5, 5.41) is 1.22. The summed E-state index contributed by atoms with van der Waals surface area (Å²) in [6.45, 7) is 8.42. The van der Waals surface area contributed by atoms with Gasteiger partial charge in [0.1, 0.15) is 0 Å². The molecule has 0 saturated carbocycles. The summed E-state index contributed by atoms with van der Waals surface area (Å²) >= 11 is 0. The molecule has 2 saturated heterocycles. The Bertz CT molecular complexity index is 1040. The largest absolute Gasteiger partial charge is 0.378 e. The van der Waals surface area contributed by atoms with E-state index < -0.39 is 0 Å². The van der Waals surface area contributed by atoms with Crippen LogP contribution in [-0.4, -0.2) is 84.3 Å². The highest BCUT2D eigenvalue weighted by Gasteiger charge is 2.22. The van der Waals surface area contributed by atoms with Crippen LogP contribution in [0.5, 0.6) is 0 Å². The summed E-state index contributed by atoms with van der Waals surface area (Å²) in [6.07, 6.45) is 4.84. The molecule has 1 aromatic carbocycles. The van der Waals surface area contributed by atoms with Gasteiger partial charge < -0.3 is 14.5 Å². The second-order valence-electron chi connectivity index (χ2n) is 9.05. The Morgan fingerprint density at radius 1 is 0.969 bits per heavy atom. The highest BCUT2D eigenvalue weighted by Crippen LogP contribution is 2.20. The van der Waals surface area contributed by atoms with Gasteiger partial charge in [0.25, 0.3) is 0 Å². The van der Waals surface area contributed by atoms with Crippen LogP contribution in [0.2, 0.25) is 0 Å². The molecule has 4 heterocycles. The zero-order valence-corrected chi connectivity index (χ0v) is 18.9. The van der Waals surface area contributed by atoms with Gasteiger partial charge in [0, 0.05) is 63.6 Å². The number of pyridine rings is 1. The average molecular weight is 433 g/mol. The lowest BCUT2D eigenvalue weighted by molar-refractivity contribution is 0.122. The number of aromatic nitrogens is 3. The molecule has 2 aliphatic heterocycles. The monoisotopic (exact) mass is 432 g/mol. The van der Waals surface area contributed by atoms with E-state index in [1.54, 1.807) is 0 Å². The van der Waals surface area contributed by atoms with Crippen molar-refractivity contribution in [3.63, 3.8) is 0 Å². The summed E-state index contributed by atoms with van der Waals surface area (Å²) in [4.78, 5) is 21.1. The van der Waals surface area contributed by atoms with E-state index in [-0.39, 0.29) is 0 Å². The molecule has 32 heavy (non-hydrogen) atoms. The quantitative estimate of drug-likeness (QED) is 0.614. The first-order valence-corrected chi connectivity index (χ1v) is 11.6. The maximum absolute atomic E-state index is 5.47. The molecule has 2 fully saturated rings. The fraction of sp³-hybridized carbons (Fsp3) is 0.480. The first kappa shape index (κ1) is 21.2. The Morgan fingerprint density at radius 2 is 1.88 bits per heavy atom. The van der Waals surface area contributed by atoms with Crippen molar-refractivity contribution in [3.05, 3.63) is 60.0 Å². The molecule has 0 spiro atoms. The average Bonchev–Trinajstić information content (AvgIpc) is 3.00. The molecule has 1 atom stereocenters. The van der Waals surface area contributed by atoms with Crippen molar-refractivity contribution in [3.8, 4) is 0 Å². The number of morpholine rings is 1. The van der Waals surface area contributed by atoms with Crippen molar-refractivity contribution in [1.29, 1.82) is 0 Å². The maximum Gasteiger partial charge on any atom is 0.225 e. The molecule has 3 aromatic rings. The van der Waals surface area contributed by atoms with E-state index in [1.807, 2.05) is 18.5 Å². The molecule has 0 amide bonds. The molecular formula is C25H32N6O. The molecule has 2 aromatic heterocycles. The molecule has 0 N–H and O–H groups in total. The number of rotatable bonds is 5. The second kappa shape index (κ2) is 9.90. The number of fused-ring (bicyclic) bond motifs is 1. The SMILES string of the molecule is CN1CCN(Cc2ccnc(N3CCOCC3)n2)CC(Cc2ccc3ncccc3c2)C1. The molecule has 0 radical (unpaired) electrons. The number of ether oxygens (including phenoxy) is 1. The van der Waals surface area contributed by atoms with Crippen LogP contribution < -0.4 is 4.90 Å². The molecule has 2 aliphatic rings. The van der Waals surface area contributed by atoms with Crippen molar-refractivity contribution in [2.45, 2.75) is 13.0 Å². The molecule has 1 unspecified atom stereocenters. The van der Waals surface area contributed by atoms with Crippen molar-refractivity contribution < 1.29 is 4.74 Å². The van der Waals surface area contributed by atoms with E-state index in [0.29, 0.717) is 5.92 Å². The number of hydrogen-bond donors (Lipinski definition) is 0. The Balaban J connectivity index is 1.27. The van der Waals surface area contributed by atoms with Crippen molar-refractivity contribution in [1.82, 2.24) is 24.8 Å². The van der Waals surface area contributed by atoms with Crippen LogP contribution in [0.4, 0.5) is 5.95 Å². The van der Waals surface area contributed by atoms with Crippen molar-refractivity contribution in [2.75, 3.05) is 64.4 Å². The minimum atomic E-state index is 0.581. The van der Waals surface area contributed by atoms with E-state index in [4.69, 9.17) is 9.72 Å². The molecule has 0 aliphatic carbocycles. The number of anilines is 1. The normalized spacial score (nSPS) is 21.0. The summed E-state index contributed by atoms with van der Waals surface area (Å²) in [5.41, 5.74) is 3.56. The van der Waals surface area contributed by atoms with Crippen LogP contribution in [0.15, 0.2) is 48.8 Å². The molecule has 0 bridgehead atoms. The van der Waals surface area contributed by atoms with E-state index in [0.717, 1.165) is 82.6 Å². The van der Waals surface area contributed by atoms with E-state index in [1.165, 1.54) is 10.9 Å². The standard InChI is InChI=1S/C25H32N6O/c1-29-9-10-30(19-23-6-8-27-25(28-23)31-11-13-32-14-12-31)18-21(17-29)15-20-4-5-24-22(16-20)3-2-7-26-24/h2-8,16,21H,9-15,17-19H2,1H3. The van der Waals surface area contributed by atoms with Gasteiger partial charge in [-0.2, -0.15) is 0 Å². The van der Waals surface area contributed by atoms with Gasteiger partial charge in [-0.3, -0.25) is 9.88 Å². The van der Waals surface area contributed by atoms with Crippen LogP contribution in [0.25, 0.3) is 10.9 Å². The van der Waals surface area contributed by atoms with E-state index >= 15 is 0 Å². The minimum absolute atomic E-state index is 0.581. The summed E-state index contributed by atoms with van der Waals surface area (Å²) in [6, 6.07) is 12.9. The van der Waals surface area contributed by atoms with Crippen molar-refractivity contribution in [2.24, 2.45) is 5.92 Å². The maximum atomic E-state index is 5.47. The van der Waals surface area contributed by atoms with Gasteiger partial charge in [-0.05, 0) is 49.2 Å². The van der Waals surface area contributed by atoms with Crippen LogP contribution in [0, 0.1) is 5.92 Å². The molecular weight excluding hydrogens is 400 g/mol. The Hall–Kier alpha value is -2.61. The van der Waals surface area contributed by atoms with Gasteiger partial charge in [-0.25, -0.2) is 9.97 Å². The Morgan fingerprint density at radius 3 is 2.78 bits per heavy atom. The van der Waals surface area contributed by atoms with E-state index in [2.05, 4.69) is 62.0 Å². The molecule has 7 heteroatoms. The third kappa shape index (κ3) is 5.23. The second-order valence-corrected chi connectivity index (χ2v) is 9.05. The number of likely N-dealkylation sites (N-methyl/N-ethyl adjacent to an activating group) is 1. The van der Waals surface area contributed by atoms with Gasteiger partial charge in [-0.15, -0.1) is 0 Å². The lowest BCUT2D eigenvalue weighted by atomic mass is 9.97. The van der Waals surface area contributed by atoms with Gasteiger partial charge >= 0.3 is 0 Å². The summed E-state index contributed by atoms with van der Waals surface area (Å²) in [7, 11) is 2.24. The van der Waals surface area contributed by atoms with Crippen LogP contribution >= 0.6 is 0 Å². The molecule has 7 nitrogen and oxygen atoms in total. The third-order valence-corrected chi connectivity index (χ3v) is 6.46. The molecule has 168 valence electrons. The first-order chi connectivity index (χ1) is 15.7. The number of nitrogens with zero attached hydrogens (tertiary/aromatic N) is 6. The zero-order chi connectivity index (χ0) is 21.8. The Kier molecular flexibility index (Phi) is 6.57. The van der Waals surface area contributed by atoms with Crippen LogP contribution in [0.3, 0.4) is 0 Å². The van der Waals surface area contributed by atoms with Gasteiger partial charge in [0.15, 0.2) is 0 Å². The number of hydrogen-bond acceptors (Lipinski definition) is 7. The van der Waals surface area contributed by atoms with Gasteiger partial charge in [0.05, 0.1) is 24.4 Å². The van der Waals surface area contributed by atoms with E-state index in [9.17, 15) is 0 Å². The predicted molar refractivity (Wildman–Crippen MR) is 127 cm³/mol. The fourth-order valence-electron chi connectivity index (χ4n) is 4.83. The summed E-state index contributed by atoms with van der Waals surface area (Å²) in [5.74, 6) is 1.41. The fourth-order valence-corrected chi connectivity index (χ4v) is 4.83. The highest BCUT2D eigenvalue weighted by atomic mass is 16.5. The predicted octanol–water partition coefficient (Wildman–Crippen LogP) is 2.47. The highest BCUT2D eigenvalue weighted by molar-refractivity contribution is 5.78. The molecule has 5 rings (SSSR count). The van der Waals surface area contributed by atoms with Crippen LogP contribution in [0.1, 0.15) is 11.3 Å².